The van der Waals surface area contributed by atoms with Crippen molar-refractivity contribution in [3.8, 4) is 0 Å². The van der Waals surface area contributed by atoms with E-state index in [0.29, 0.717) is 0 Å². The normalized spacial score (nSPS) is 12.2. The molecule has 0 saturated heterocycles. The lowest BCUT2D eigenvalue weighted by Gasteiger charge is -2.04. The molecule has 0 aliphatic rings. The number of aryl methyl sites for hydroxylation is 2. The van der Waals surface area contributed by atoms with E-state index in [1.165, 1.54) is 245 Å². The standard InChI is InChI=1S/C60H82Cl2S4/c1-3-5-7-9-11-13-15-17-19-21-23-25-27-29-31-33-51-53(45-39-47-35-41-49(61)42-36-47)63-57-55(51)65-60-58-56(66-59(57)60)52(54(64-58)46-40-48-37-43-50(62)44-38-48)34-32-30-28-26-24-22-20-18-16-14-12-10-8-6-4-2/h35-46H,3-34H2,1-2H3/b45-39+,46-40+. The molecule has 6 rings (SSSR count). The zero-order valence-electron chi connectivity index (χ0n) is 40.9. The lowest BCUT2D eigenvalue weighted by Crippen LogP contribution is -1.87. The number of thiophene rings is 4. The second-order valence-electron chi connectivity index (χ2n) is 19.2. The van der Waals surface area contributed by atoms with Crippen LogP contribution in [0.4, 0.5) is 0 Å². The van der Waals surface area contributed by atoms with E-state index in [9.17, 15) is 0 Å². The van der Waals surface area contributed by atoms with Gasteiger partial charge in [-0.3, -0.25) is 0 Å². The third-order valence-corrected chi connectivity index (χ3v) is 19.8. The maximum atomic E-state index is 6.26. The van der Waals surface area contributed by atoms with Crippen LogP contribution in [0.3, 0.4) is 0 Å². The highest BCUT2D eigenvalue weighted by atomic mass is 35.5. The summed E-state index contributed by atoms with van der Waals surface area (Å²) < 4.78 is 9.17. The molecular weight excluding hydrogens is 920 g/mol. The largest absolute Gasteiger partial charge is 0.133 e. The van der Waals surface area contributed by atoms with Crippen molar-refractivity contribution < 1.29 is 0 Å². The van der Waals surface area contributed by atoms with Crippen LogP contribution >= 0.6 is 68.5 Å². The Hall–Kier alpha value is -1.92. The van der Waals surface area contributed by atoms with Crippen molar-refractivity contribution in [2.75, 3.05) is 0 Å². The van der Waals surface area contributed by atoms with Gasteiger partial charge in [0.05, 0.1) is 28.2 Å². The maximum absolute atomic E-state index is 6.26. The number of hydrogen-bond acceptors (Lipinski definition) is 4. The first kappa shape index (κ1) is 53.4. The van der Waals surface area contributed by atoms with Crippen LogP contribution in [0.2, 0.25) is 10.0 Å². The third kappa shape index (κ3) is 17.8. The molecule has 0 atom stereocenters. The Balaban J connectivity index is 1.08. The first-order valence-corrected chi connectivity index (χ1v) is 30.9. The predicted molar refractivity (Wildman–Crippen MR) is 308 cm³/mol. The van der Waals surface area contributed by atoms with Crippen molar-refractivity contribution >= 4 is 121 Å². The quantitative estimate of drug-likeness (QED) is 0.0344. The highest BCUT2D eigenvalue weighted by molar-refractivity contribution is 7.45. The minimum atomic E-state index is 0.792. The smallest absolute Gasteiger partial charge is 0.0651 e. The van der Waals surface area contributed by atoms with Gasteiger partial charge in [-0.1, -0.05) is 253 Å². The Morgan fingerprint density at radius 1 is 0.303 bits per heavy atom. The summed E-state index contributed by atoms with van der Waals surface area (Å²) in [6.45, 7) is 4.62. The molecule has 0 nitrogen and oxygen atoms in total. The fourth-order valence-corrected chi connectivity index (χ4v) is 15.9. The zero-order valence-corrected chi connectivity index (χ0v) is 45.7. The van der Waals surface area contributed by atoms with Crippen LogP contribution in [0.25, 0.3) is 52.5 Å². The van der Waals surface area contributed by atoms with E-state index in [1.54, 1.807) is 20.5 Å². The molecule has 0 N–H and O–H groups in total. The number of benzene rings is 2. The fourth-order valence-electron chi connectivity index (χ4n) is 9.62. The molecule has 0 bridgehead atoms. The average Bonchev–Trinajstić information content (AvgIpc) is 4.06. The predicted octanol–water partition coefficient (Wildman–Crippen LogP) is 23.9. The van der Waals surface area contributed by atoms with Crippen LogP contribution in [0.15, 0.2) is 48.5 Å². The van der Waals surface area contributed by atoms with E-state index in [-0.39, 0.29) is 0 Å². The summed E-state index contributed by atoms with van der Waals surface area (Å²) in [5.41, 5.74) is 5.57. The van der Waals surface area contributed by atoms with Crippen LogP contribution in [0, 0.1) is 0 Å². The Morgan fingerprint density at radius 3 is 0.848 bits per heavy atom. The molecule has 0 unspecified atom stereocenters. The summed E-state index contributed by atoms with van der Waals surface area (Å²) in [5, 5.41) is 1.58. The Labute approximate surface area is 427 Å². The molecule has 6 aromatic rings. The van der Waals surface area contributed by atoms with Crippen molar-refractivity contribution in [1.29, 1.82) is 0 Å². The molecule has 4 heterocycles. The highest BCUT2D eigenvalue weighted by Gasteiger charge is 2.23. The van der Waals surface area contributed by atoms with E-state index in [0.717, 1.165) is 10.0 Å². The lowest BCUT2D eigenvalue weighted by molar-refractivity contribution is 0.532. The van der Waals surface area contributed by atoms with Gasteiger partial charge in [0.1, 0.15) is 0 Å². The second-order valence-corrected chi connectivity index (χ2v) is 24.3. The van der Waals surface area contributed by atoms with Crippen molar-refractivity contribution in [3.63, 3.8) is 0 Å². The Kier molecular flexibility index (Phi) is 25.4. The molecule has 6 heteroatoms. The van der Waals surface area contributed by atoms with Crippen LogP contribution < -0.4 is 0 Å². The van der Waals surface area contributed by atoms with Gasteiger partial charge in [-0.25, -0.2) is 0 Å². The zero-order chi connectivity index (χ0) is 46.0. The molecule has 0 spiro atoms. The van der Waals surface area contributed by atoms with Crippen molar-refractivity contribution in [1.82, 2.24) is 0 Å². The van der Waals surface area contributed by atoms with Gasteiger partial charge < -0.3 is 0 Å². The van der Waals surface area contributed by atoms with Gasteiger partial charge in [0.25, 0.3) is 0 Å². The van der Waals surface area contributed by atoms with Crippen molar-refractivity contribution in [2.45, 2.75) is 219 Å². The molecule has 360 valence electrons. The van der Waals surface area contributed by atoms with Gasteiger partial charge in [-0.15, -0.1) is 45.3 Å². The van der Waals surface area contributed by atoms with Crippen LogP contribution in [-0.2, 0) is 12.8 Å². The van der Waals surface area contributed by atoms with Crippen molar-refractivity contribution in [3.05, 3.63) is 90.6 Å². The minimum absolute atomic E-state index is 0.792. The second kappa shape index (κ2) is 31.3. The molecule has 0 aliphatic heterocycles. The molecule has 0 saturated carbocycles. The first-order valence-electron chi connectivity index (χ1n) is 26.8. The Morgan fingerprint density at radius 2 is 0.561 bits per heavy atom. The summed E-state index contributed by atoms with van der Waals surface area (Å²) in [6.07, 6.45) is 53.8. The topological polar surface area (TPSA) is 0 Å². The number of unbranched alkanes of at least 4 members (excludes halogenated alkanes) is 28. The summed E-state index contributed by atoms with van der Waals surface area (Å²) in [5.74, 6) is 0. The molecule has 0 aliphatic carbocycles. The Bertz CT molecular complexity index is 2120. The van der Waals surface area contributed by atoms with Gasteiger partial charge in [-0.05, 0) is 84.4 Å². The molecular formula is C60H82Cl2S4. The molecule has 4 aromatic heterocycles. The van der Waals surface area contributed by atoms with Gasteiger partial charge in [0.2, 0.25) is 0 Å². The summed E-state index contributed by atoms with van der Waals surface area (Å²) >= 11 is 20.8. The van der Waals surface area contributed by atoms with Crippen LogP contribution in [0.1, 0.15) is 238 Å². The van der Waals surface area contributed by atoms with Gasteiger partial charge >= 0.3 is 0 Å². The first-order chi connectivity index (χ1) is 32.6. The average molecular weight is 1000 g/mol. The summed E-state index contributed by atoms with van der Waals surface area (Å²) in [4.78, 5) is 2.89. The van der Waals surface area contributed by atoms with Gasteiger partial charge in [-0.2, -0.15) is 0 Å². The number of rotatable bonds is 36. The molecule has 0 amide bonds. The number of hydrogen-bond donors (Lipinski definition) is 0. The molecule has 0 fully saturated rings. The van der Waals surface area contributed by atoms with E-state index in [1.807, 2.05) is 46.9 Å². The maximum Gasteiger partial charge on any atom is 0.0651 e. The van der Waals surface area contributed by atoms with Crippen molar-refractivity contribution in [2.24, 2.45) is 0 Å². The molecule has 2 aromatic carbocycles. The summed E-state index contributed by atoms with van der Waals surface area (Å²) in [7, 11) is 0. The lowest BCUT2D eigenvalue weighted by atomic mass is 10.0. The van der Waals surface area contributed by atoms with Gasteiger partial charge in [0.15, 0.2) is 0 Å². The van der Waals surface area contributed by atoms with E-state index >= 15 is 0 Å². The van der Waals surface area contributed by atoms with Crippen LogP contribution in [-0.4, -0.2) is 0 Å². The molecule has 66 heavy (non-hydrogen) atoms. The van der Waals surface area contributed by atoms with E-state index in [2.05, 4.69) is 85.1 Å². The number of fused-ring (bicyclic) bond motifs is 5. The third-order valence-electron chi connectivity index (χ3n) is 13.7. The van der Waals surface area contributed by atoms with Crippen LogP contribution in [0.5, 0.6) is 0 Å². The highest BCUT2D eigenvalue weighted by Crippen LogP contribution is 2.53. The minimum Gasteiger partial charge on any atom is -0.133 e. The van der Waals surface area contributed by atoms with E-state index in [4.69, 9.17) is 23.2 Å². The monoisotopic (exact) mass is 1000 g/mol. The van der Waals surface area contributed by atoms with E-state index < -0.39 is 0 Å². The van der Waals surface area contributed by atoms with Gasteiger partial charge in [0, 0.05) is 19.8 Å². The summed E-state index contributed by atoms with van der Waals surface area (Å²) in [6, 6.07) is 16.5. The number of halogens is 2. The SMILES string of the molecule is CCCCCCCCCCCCCCCCCc1c(/C=C/c2ccc(Cl)cc2)sc2c1sc1c3sc(/C=C/c4ccc(Cl)cc4)c(CCCCCCCCCCCCCCCCC)c3sc21. The fraction of sp³-hybridized carbons (Fsp3) is 0.567. The molecule has 0 radical (unpaired) electrons.